The van der Waals surface area contributed by atoms with E-state index in [-0.39, 0.29) is 25.5 Å². The van der Waals surface area contributed by atoms with Crippen LogP contribution in [0.1, 0.15) is 11.6 Å². The van der Waals surface area contributed by atoms with E-state index < -0.39 is 25.4 Å². The molecule has 0 bridgehead atoms. The third-order valence-corrected chi connectivity index (χ3v) is 2.55. The molecule has 0 aromatic carbocycles. The molecule has 11 heteroatoms. The summed E-state index contributed by atoms with van der Waals surface area (Å²) >= 11 is 0. The van der Waals surface area contributed by atoms with Gasteiger partial charge >= 0.3 is 13.2 Å². The lowest BCUT2D eigenvalue weighted by Gasteiger charge is -2.31. The summed E-state index contributed by atoms with van der Waals surface area (Å²) in [5.74, 6) is -1.25. The Hall–Kier alpha value is -1.26. The maximum Gasteiger partial charge on any atom is 0.492 e. The van der Waals surface area contributed by atoms with E-state index >= 15 is 0 Å². The first-order valence-electron chi connectivity index (χ1n) is 5.09. The van der Waals surface area contributed by atoms with Gasteiger partial charge in [0.05, 0.1) is 6.54 Å². The van der Waals surface area contributed by atoms with Crippen molar-refractivity contribution in [2.45, 2.75) is 19.3 Å². The molecule has 18 heavy (non-hydrogen) atoms. The zero-order valence-electron chi connectivity index (χ0n) is 8.96. The highest BCUT2D eigenvalue weighted by atomic mass is 19.4. The molecule has 0 atom stereocenters. The van der Waals surface area contributed by atoms with Crippen molar-refractivity contribution in [3.63, 3.8) is 0 Å². The molecule has 1 aromatic heterocycles. The lowest BCUT2D eigenvalue weighted by molar-refractivity contribution is -0.148. The number of hydrogen-bond donors (Lipinski definition) is 0. The predicted molar refractivity (Wildman–Crippen MR) is 49.4 cm³/mol. The Balaban J connectivity index is 2.15. The van der Waals surface area contributed by atoms with Gasteiger partial charge in [-0.2, -0.15) is 13.2 Å². The number of fused-ring (bicyclic) bond motifs is 1. The topological polar surface area (TPSA) is 34.0 Å². The van der Waals surface area contributed by atoms with Crippen molar-refractivity contribution in [2.75, 3.05) is 13.0 Å². The van der Waals surface area contributed by atoms with Crippen LogP contribution < -0.4 is 0 Å². The smallest absolute Gasteiger partial charge is 0.448 e. The fourth-order valence-electron chi connectivity index (χ4n) is 1.87. The molecule has 0 spiro atoms. The summed E-state index contributed by atoms with van der Waals surface area (Å²) in [6.45, 7) is -5.56. The van der Waals surface area contributed by atoms with Crippen LogP contribution in [0.5, 0.6) is 0 Å². The van der Waals surface area contributed by atoms with Crippen LogP contribution in [0.3, 0.4) is 0 Å². The Morgan fingerprint density at radius 1 is 1.11 bits per heavy atom. The van der Waals surface area contributed by atoms with E-state index in [1.165, 1.54) is 0 Å². The van der Waals surface area contributed by atoms with E-state index in [1.807, 2.05) is 0 Å². The molecule has 0 saturated carbocycles. The first-order valence-corrected chi connectivity index (χ1v) is 5.09. The molecule has 0 amide bonds. The average Bonchev–Trinajstić information content (AvgIpc) is 2.56. The second-order valence-corrected chi connectivity index (χ2v) is 4.03. The van der Waals surface area contributed by atoms with Crippen LogP contribution in [-0.2, 0) is 19.3 Å². The normalized spacial score (nSPS) is 17.9. The van der Waals surface area contributed by atoms with Crippen LogP contribution in [0.4, 0.5) is 26.1 Å². The van der Waals surface area contributed by atoms with Gasteiger partial charge in [-0.15, -0.1) is 10.2 Å². The highest BCUT2D eigenvalue weighted by Gasteiger charge is 2.40. The summed E-state index contributed by atoms with van der Waals surface area (Å²) in [5, 5.41) is 6.28. The summed E-state index contributed by atoms with van der Waals surface area (Å²) in [7, 11) is 0. The maximum atomic E-state index is 12.5. The van der Waals surface area contributed by atoms with Crippen LogP contribution in [0, 0.1) is 0 Å². The molecular formula is C7H8BF6N4-. The number of nitrogens with zero attached hydrogens (tertiary/aromatic N) is 4. The first-order chi connectivity index (χ1) is 8.17. The zero-order valence-corrected chi connectivity index (χ0v) is 8.96. The van der Waals surface area contributed by atoms with Crippen LogP contribution >= 0.6 is 0 Å². The van der Waals surface area contributed by atoms with Gasteiger partial charge in [0.2, 0.25) is 5.82 Å². The molecule has 1 aliphatic rings. The van der Waals surface area contributed by atoms with Gasteiger partial charge < -0.3 is 22.4 Å². The predicted octanol–water partition coefficient (Wildman–Crippen LogP) is 1.50. The summed E-state index contributed by atoms with van der Waals surface area (Å²) < 4.78 is 74.8. The van der Waals surface area contributed by atoms with Gasteiger partial charge in [0.1, 0.15) is 5.82 Å². The molecule has 0 unspecified atom stereocenters. The third kappa shape index (κ3) is 2.76. The van der Waals surface area contributed by atoms with Crippen molar-refractivity contribution in [1.29, 1.82) is 0 Å². The van der Waals surface area contributed by atoms with E-state index in [4.69, 9.17) is 0 Å². The molecule has 0 saturated heterocycles. The van der Waals surface area contributed by atoms with Crippen LogP contribution in [0.2, 0.25) is 0 Å². The number of hydrogen-bond acceptors (Lipinski definition) is 3. The van der Waals surface area contributed by atoms with E-state index in [1.54, 1.807) is 0 Å². The Labute approximate surface area is 97.6 Å². The van der Waals surface area contributed by atoms with Crippen molar-refractivity contribution >= 4 is 6.98 Å². The van der Waals surface area contributed by atoms with Gasteiger partial charge in [-0.3, -0.25) is 0 Å². The van der Waals surface area contributed by atoms with Gasteiger partial charge in [-0.25, -0.2) is 0 Å². The molecule has 1 aliphatic heterocycles. The summed E-state index contributed by atoms with van der Waals surface area (Å²) in [4.78, 5) is 1.02. The van der Waals surface area contributed by atoms with Crippen LogP contribution in [-0.4, -0.2) is 39.6 Å². The molecule has 0 aliphatic carbocycles. The molecular weight excluding hydrogens is 265 g/mol. The van der Waals surface area contributed by atoms with Gasteiger partial charge in [-0.1, -0.05) is 0 Å². The second-order valence-electron chi connectivity index (χ2n) is 4.03. The monoisotopic (exact) mass is 273 g/mol. The Morgan fingerprint density at radius 3 is 2.33 bits per heavy atom. The van der Waals surface area contributed by atoms with Crippen molar-refractivity contribution in [1.82, 2.24) is 19.7 Å². The number of halogens is 6. The second kappa shape index (κ2) is 4.14. The van der Waals surface area contributed by atoms with Crippen LogP contribution in [0.25, 0.3) is 0 Å². The molecule has 102 valence electrons. The summed E-state index contributed by atoms with van der Waals surface area (Å²) in [6, 6.07) is 0. The molecule has 1 aromatic rings. The standard InChI is InChI=1S/C7H8BF6N4/c9-7(10,11)6-16-15-5-3-17(1-2-18(5)6)4-8(12,13)14/h1-4H2/q-1. The molecule has 0 radical (unpaired) electrons. The third-order valence-electron chi connectivity index (χ3n) is 2.55. The number of aromatic nitrogens is 3. The zero-order chi connectivity index (χ0) is 13.6. The minimum absolute atomic E-state index is 0.0892. The quantitative estimate of drug-likeness (QED) is 0.605. The number of alkyl halides is 3. The van der Waals surface area contributed by atoms with Crippen molar-refractivity contribution in [2.24, 2.45) is 0 Å². The fraction of sp³-hybridized carbons (Fsp3) is 0.714. The number of rotatable bonds is 2. The maximum absolute atomic E-state index is 12.5. The largest absolute Gasteiger partial charge is 0.492 e. The summed E-state index contributed by atoms with van der Waals surface area (Å²) in [6.07, 6.45) is -5.74. The van der Waals surface area contributed by atoms with E-state index in [0.717, 1.165) is 9.47 Å². The Morgan fingerprint density at radius 2 is 1.78 bits per heavy atom. The Bertz CT molecular complexity index is 438. The van der Waals surface area contributed by atoms with Crippen LogP contribution in [0.15, 0.2) is 0 Å². The SMILES string of the molecule is F[B-](F)(F)CN1CCn2c(nnc2C(F)(F)F)C1. The molecule has 2 heterocycles. The minimum Gasteiger partial charge on any atom is -0.448 e. The lowest BCUT2D eigenvalue weighted by Crippen LogP contribution is -2.43. The first kappa shape index (κ1) is 13.2. The van der Waals surface area contributed by atoms with Gasteiger partial charge in [0.15, 0.2) is 0 Å². The Kier molecular flexibility index (Phi) is 3.03. The lowest BCUT2D eigenvalue weighted by atomic mass is 9.91. The van der Waals surface area contributed by atoms with Crippen molar-refractivity contribution in [3.05, 3.63) is 11.6 Å². The highest BCUT2D eigenvalue weighted by molar-refractivity contribution is 6.58. The summed E-state index contributed by atoms with van der Waals surface area (Å²) in [5.41, 5.74) is 0. The van der Waals surface area contributed by atoms with Crippen molar-refractivity contribution < 1.29 is 26.1 Å². The van der Waals surface area contributed by atoms with E-state index in [0.29, 0.717) is 0 Å². The molecule has 0 N–H and O–H groups in total. The fourth-order valence-corrected chi connectivity index (χ4v) is 1.87. The van der Waals surface area contributed by atoms with Gasteiger partial charge in [-0.05, 0) is 6.44 Å². The van der Waals surface area contributed by atoms with Gasteiger partial charge in [0, 0.05) is 13.1 Å². The van der Waals surface area contributed by atoms with Crippen molar-refractivity contribution in [3.8, 4) is 0 Å². The average molecular weight is 273 g/mol. The molecule has 4 nitrogen and oxygen atoms in total. The van der Waals surface area contributed by atoms with E-state index in [2.05, 4.69) is 10.2 Å². The van der Waals surface area contributed by atoms with E-state index in [9.17, 15) is 26.1 Å². The molecule has 2 rings (SSSR count). The van der Waals surface area contributed by atoms with Gasteiger partial charge in [0.25, 0.3) is 0 Å². The molecule has 0 fully saturated rings. The minimum atomic E-state index is -5.00. The highest BCUT2D eigenvalue weighted by Crippen LogP contribution is 2.29.